The van der Waals surface area contributed by atoms with Crippen molar-refractivity contribution in [3.05, 3.63) is 24.3 Å². The Kier molecular flexibility index (Phi) is 4.48. The third-order valence-corrected chi connectivity index (χ3v) is 3.90. The molecule has 2 rings (SSSR count). The zero-order valence-corrected chi connectivity index (χ0v) is 10.7. The Morgan fingerprint density at radius 1 is 1.56 bits per heavy atom. The maximum Gasteiger partial charge on any atom is 0.228 e. The maximum absolute atomic E-state index is 12.0. The zero-order valence-electron chi connectivity index (χ0n) is 9.89. The number of benzene rings is 1. The van der Waals surface area contributed by atoms with E-state index >= 15 is 0 Å². The number of rotatable bonds is 4. The molecule has 18 heavy (non-hydrogen) atoms. The molecule has 5 heteroatoms. The quantitative estimate of drug-likeness (QED) is 0.904. The van der Waals surface area contributed by atoms with Gasteiger partial charge < -0.3 is 10.1 Å². The van der Waals surface area contributed by atoms with E-state index < -0.39 is 0 Å². The molecule has 94 valence electrons. The minimum Gasteiger partial charge on any atom is -0.477 e. The molecule has 1 aliphatic heterocycles. The molecule has 1 unspecified atom stereocenters. The second-order valence-electron chi connectivity index (χ2n) is 3.99. The minimum atomic E-state index is -0.0217. The van der Waals surface area contributed by atoms with E-state index in [2.05, 4.69) is 5.32 Å². The molecule has 1 saturated heterocycles. The summed E-state index contributed by atoms with van der Waals surface area (Å²) in [6.45, 7) is -0.0217. The number of amides is 1. The average molecular weight is 262 g/mol. The summed E-state index contributed by atoms with van der Waals surface area (Å²) in [5.41, 5.74) is 0.634. The van der Waals surface area contributed by atoms with Crippen molar-refractivity contribution < 1.29 is 9.53 Å². The van der Waals surface area contributed by atoms with Crippen molar-refractivity contribution in [1.82, 2.24) is 0 Å². The number of nitrogens with zero attached hydrogens (tertiary/aromatic N) is 1. The first kappa shape index (κ1) is 12.8. The Balaban J connectivity index is 2.03. The lowest BCUT2D eigenvalue weighted by Crippen LogP contribution is -2.22. The number of anilines is 1. The van der Waals surface area contributed by atoms with E-state index in [1.165, 1.54) is 0 Å². The van der Waals surface area contributed by atoms with Gasteiger partial charge in [-0.2, -0.15) is 17.0 Å². The van der Waals surface area contributed by atoms with Gasteiger partial charge in [0, 0.05) is 11.7 Å². The first-order valence-corrected chi connectivity index (χ1v) is 6.94. The first-order valence-electron chi connectivity index (χ1n) is 5.78. The van der Waals surface area contributed by atoms with Gasteiger partial charge in [-0.3, -0.25) is 4.79 Å². The summed E-state index contributed by atoms with van der Waals surface area (Å²) in [6.07, 6.45) is 0.928. The lowest BCUT2D eigenvalue weighted by molar-refractivity contribution is -0.119. The maximum atomic E-state index is 12.0. The number of ether oxygens (including phenoxy) is 1. The molecular formula is C13H14N2O2S. The molecule has 0 aliphatic carbocycles. The molecule has 0 bridgehead atoms. The standard InChI is InChI=1S/C13H14N2O2S/c14-6-7-17-12-4-2-1-3-11(12)15-13(16)10-5-8-18-9-10/h1-4,10H,5,7-9H2,(H,15,16). The number of hydrogen-bond acceptors (Lipinski definition) is 4. The third-order valence-electron chi connectivity index (χ3n) is 2.74. The molecule has 1 aliphatic rings. The van der Waals surface area contributed by atoms with Gasteiger partial charge in [0.1, 0.15) is 11.8 Å². The second kappa shape index (κ2) is 6.31. The van der Waals surface area contributed by atoms with Crippen molar-refractivity contribution in [2.45, 2.75) is 6.42 Å². The predicted molar refractivity (Wildman–Crippen MR) is 71.6 cm³/mol. The lowest BCUT2D eigenvalue weighted by atomic mass is 10.1. The van der Waals surface area contributed by atoms with Crippen LogP contribution in [0.1, 0.15) is 6.42 Å². The average Bonchev–Trinajstić information content (AvgIpc) is 2.91. The van der Waals surface area contributed by atoms with Gasteiger partial charge in [-0.25, -0.2) is 0 Å². The van der Waals surface area contributed by atoms with E-state index in [0.29, 0.717) is 11.4 Å². The van der Waals surface area contributed by atoms with Crippen LogP contribution in [0.25, 0.3) is 0 Å². The molecule has 1 heterocycles. The van der Waals surface area contributed by atoms with Gasteiger partial charge in [0.2, 0.25) is 5.91 Å². The fraction of sp³-hybridized carbons (Fsp3) is 0.385. The Labute approximate surface area is 110 Å². The van der Waals surface area contributed by atoms with Gasteiger partial charge >= 0.3 is 0 Å². The van der Waals surface area contributed by atoms with E-state index in [0.717, 1.165) is 17.9 Å². The SMILES string of the molecule is N#CCOc1ccccc1NC(=O)C1CCSC1. The summed E-state index contributed by atoms with van der Waals surface area (Å²) in [6, 6.07) is 9.09. The molecule has 1 fully saturated rings. The number of para-hydroxylation sites is 2. The van der Waals surface area contributed by atoms with Crippen LogP contribution in [0.4, 0.5) is 5.69 Å². The van der Waals surface area contributed by atoms with Gasteiger partial charge in [0.05, 0.1) is 5.69 Å². The fourth-order valence-corrected chi connectivity index (χ4v) is 3.00. The van der Waals surface area contributed by atoms with Crippen molar-refractivity contribution >= 4 is 23.4 Å². The zero-order chi connectivity index (χ0) is 12.8. The molecule has 0 radical (unpaired) electrons. The van der Waals surface area contributed by atoms with Crippen LogP contribution in [-0.4, -0.2) is 24.0 Å². The van der Waals surface area contributed by atoms with Gasteiger partial charge in [-0.05, 0) is 24.3 Å². The van der Waals surface area contributed by atoms with E-state index in [1.807, 2.05) is 18.2 Å². The molecule has 4 nitrogen and oxygen atoms in total. The second-order valence-corrected chi connectivity index (χ2v) is 5.14. The van der Waals surface area contributed by atoms with Crippen molar-refractivity contribution in [2.24, 2.45) is 5.92 Å². The summed E-state index contributed by atoms with van der Waals surface area (Å²) >= 11 is 1.80. The molecule has 1 N–H and O–H groups in total. The topological polar surface area (TPSA) is 62.1 Å². The first-order chi connectivity index (χ1) is 8.81. The molecule has 1 aromatic rings. The van der Waals surface area contributed by atoms with Crippen molar-refractivity contribution in [2.75, 3.05) is 23.4 Å². The summed E-state index contributed by atoms with van der Waals surface area (Å²) in [5, 5.41) is 11.4. The van der Waals surface area contributed by atoms with E-state index in [4.69, 9.17) is 10.00 Å². The van der Waals surface area contributed by atoms with Crippen LogP contribution in [0, 0.1) is 17.2 Å². The summed E-state index contributed by atoms with van der Waals surface area (Å²) < 4.78 is 5.27. The van der Waals surface area contributed by atoms with Crippen LogP contribution in [-0.2, 0) is 4.79 Å². The third kappa shape index (κ3) is 3.17. The van der Waals surface area contributed by atoms with Gasteiger partial charge in [0.15, 0.2) is 6.61 Å². The number of nitrogens with one attached hydrogen (secondary N) is 1. The minimum absolute atomic E-state index is 0.0217. The molecule has 1 amide bonds. The molecule has 1 atom stereocenters. The summed E-state index contributed by atoms with van der Waals surface area (Å²) in [5.74, 6) is 2.59. The number of carbonyl (C=O) groups is 1. The van der Waals surface area contributed by atoms with Crippen molar-refractivity contribution in [3.8, 4) is 11.8 Å². The highest BCUT2D eigenvalue weighted by atomic mass is 32.2. The smallest absolute Gasteiger partial charge is 0.228 e. The van der Waals surface area contributed by atoms with E-state index in [9.17, 15) is 4.79 Å². The largest absolute Gasteiger partial charge is 0.477 e. The van der Waals surface area contributed by atoms with Gasteiger partial charge in [-0.1, -0.05) is 12.1 Å². The Hall–Kier alpha value is -1.67. The molecule has 0 spiro atoms. The number of carbonyl (C=O) groups excluding carboxylic acids is 1. The Morgan fingerprint density at radius 2 is 2.39 bits per heavy atom. The van der Waals surface area contributed by atoms with Crippen LogP contribution in [0.15, 0.2) is 24.3 Å². The van der Waals surface area contributed by atoms with Crippen LogP contribution < -0.4 is 10.1 Å². The van der Waals surface area contributed by atoms with Crippen LogP contribution in [0.3, 0.4) is 0 Å². The highest BCUT2D eigenvalue weighted by molar-refractivity contribution is 7.99. The highest BCUT2D eigenvalue weighted by Gasteiger charge is 2.23. The monoisotopic (exact) mass is 262 g/mol. The summed E-state index contributed by atoms with van der Waals surface area (Å²) in [4.78, 5) is 12.0. The van der Waals surface area contributed by atoms with Gasteiger partial charge in [0.25, 0.3) is 0 Å². The lowest BCUT2D eigenvalue weighted by Gasteiger charge is -2.13. The van der Waals surface area contributed by atoms with E-state index in [-0.39, 0.29) is 18.4 Å². The highest BCUT2D eigenvalue weighted by Crippen LogP contribution is 2.28. The van der Waals surface area contributed by atoms with Crippen molar-refractivity contribution in [1.29, 1.82) is 5.26 Å². The van der Waals surface area contributed by atoms with Crippen LogP contribution >= 0.6 is 11.8 Å². The van der Waals surface area contributed by atoms with E-state index in [1.54, 1.807) is 23.9 Å². The summed E-state index contributed by atoms with van der Waals surface area (Å²) in [7, 11) is 0. The normalized spacial score (nSPS) is 18.1. The van der Waals surface area contributed by atoms with Crippen LogP contribution in [0.5, 0.6) is 5.75 Å². The van der Waals surface area contributed by atoms with Gasteiger partial charge in [-0.15, -0.1) is 0 Å². The Bertz CT molecular complexity index is 464. The Morgan fingerprint density at radius 3 is 3.11 bits per heavy atom. The molecule has 1 aromatic carbocycles. The molecular weight excluding hydrogens is 248 g/mol. The molecule has 0 aromatic heterocycles. The number of thioether (sulfide) groups is 1. The predicted octanol–water partition coefficient (Wildman–Crippen LogP) is 2.28. The molecule has 0 saturated carbocycles. The number of nitriles is 1. The fourth-order valence-electron chi connectivity index (χ4n) is 1.78. The number of hydrogen-bond donors (Lipinski definition) is 1. The van der Waals surface area contributed by atoms with Crippen LogP contribution in [0.2, 0.25) is 0 Å². The van der Waals surface area contributed by atoms with Crippen molar-refractivity contribution in [3.63, 3.8) is 0 Å².